The second-order valence-electron chi connectivity index (χ2n) is 4.63. The molecule has 0 aromatic heterocycles. The molecule has 1 aromatic rings. The fourth-order valence-electron chi connectivity index (χ4n) is 2.24. The lowest BCUT2D eigenvalue weighted by molar-refractivity contribution is -0.106. The van der Waals surface area contributed by atoms with Gasteiger partial charge in [0.1, 0.15) is 5.60 Å². The van der Waals surface area contributed by atoms with Crippen LogP contribution in [0.5, 0.6) is 0 Å². The standard InChI is InChI=1S/C11H13BrO5S/c12-9-3-1-7(2-4-9)8-5-11(14,6-8)10(13)18(15,16)17/h1-4,8,10,13-14H,5-6H2,(H,15,16,17)/t8-,10?,11-. The maximum absolute atomic E-state index is 10.8. The Morgan fingerprint density at radius 3 is 2.22 bits per heavy atom. The molecule has 1 aliphatic carbocycles. The lowest BCUT2D eigenvalue weighted by atomic mass is 9.68. The van der Waals surface area contributed by atoms with E-state index in [2.05, 4.69) is 15.9 Å². The minimum absolute atomic E-state index is 0.0144. The van der Waals surface area contributed by atoms with Crippen molar-refractivity contribution in [3.63, 3.8) is 0 Å². The average Bonchev–Trinajstić information content (AvgIpc) is 2.24. The van der Waals surface area contributed by atoms with Crippen LogP contribution in [0.3, 0.4) is 0 Å². The van der Waals surface area contributed by atoms with E-state index in [1.807, 2.05) is 24.3 Å². The summed E-state index contributed by atoms with van der Waals surface area (Å²) in [7, 11) is -4.64. The third kappa shape index (κ3) is 2.60. The molecule has 1 atom stereocenters. The van der Waals surface area contributed by atoms with Crippen molar-refractivity contribution in [2.24, 2.45) is 0 Å². The van der Waals surface area contributed by atoms with Crippen molar-refractivity contribution in [1.82, 2.24) is 0 Å². The van der Waals surface area contributed by atoms with Gasteiger partial charge in [-0.1, -0.05) is 28.1 Å². The van der Waals surface area contributed by atoms with E-state index in [-0.39, 0.29) is 18.8 Å². The Kier molecular flexibility index (Phi) is 3.54. The zero-order valence-corrected chi connectivity index (χ0v) is 11.7. The number of aliphatic hydroxyl groups excluding tert-OH is 1. The van der Waals surface area contributed by atoms with Crippen LogP contribution in [0.1, 0.15) is 24.3 Å². The van der Waals surface area contributed by atoms with Crippen LogP contribution in [0.4, 0.5) is 0 Å². The van der Waals surface area contributed by atoms with E-state index < -0.39 is 21.2 Å². The minimum atomic E-state index is -4.64. The van der Waals surface area contributed by atoms with Crippen LogP contribution in [-0.4, -0.2) is 34.2 Å². The Balaban J connectivity index is 2.08. The van der Waals surface area contributed by atoms with Gasteiger partial charge in [-0.3, -0.25) is 4.55 Å². The van der Waals surface area contributed by atoms with Gasteiger partial charge in [-0.15, -0.1) is 0 Å². The van der Waals surface area contributed by atoms with Crippen LogP contribution in [-0.2, 0) is 10.1 Å². The van der Waals surface area contributed by atoms with Gasteiger partial charge in [0.2, 0.25) is 5.44 Å². The molecule has 5 nitrogen and oxygen atoms in total. The maximum atomic E-state index is 10.8. The molecule has 0 spiro atoms. The third-order valence-electron chi connectivity index (χ3n) is 3.28. The SMILES string of the molecule is O=S(=O)(O)C(O)[C@]1(O)C[C@H](c2ccc(Br)cc2)C1. The molecule has 1 aromatic carbocycles. The topological polar surface area (TPSA) is 94.8 Å². The molecule has 100 valence electrons. The first-order chi connectivity index (χ1) is 8.22. The van der Waals surface area contributed by atoms with Crippen LogP contribution < -0.4 is 0 Å². The van der Waals surface area contributed by atoms with Gasteiger partial charge >= 0.3 is 0 Å². The molecule has 1 aliphatic rings. The minimum Gasteiger partial charge on any atom is -0.386 e. The monoisotopic (exact) mass is 336 g/mol. The van der Waals surface area contributed by atoms with Crippen molar-refractivity contribution in [2.75, 3.05) is 0 Å². The highest BCUT2D eigenvalue weighted by molar-refractivity contribution is 9.10. The third-order valence-corrected chi connectivity index (χ3v) is 4.81. The summed E-state index contributed by atoms with van der Waals surface area (Å²) in [6.45, 7) is 0. The molecule has 1 saturated carbocycles. The highest BCUT2D eigenvalue weighted by Gasteiger charge is 2.53. The van der Waals surface area contributed by atoms with Crippen molar-refractivity contribution >= 4 is 26.0 Å². The van der Waals surface area contributed by atoms with Gasteiger partial charge in [0, 0.05) is 4.47 Å². The summed E-state index contributed by atoms with van der Waals surface area (Å²) < 4.78 is 31.3. The molecule has 7 heteroatoms. The second-order valence-corrected chi connectivity index (χ2v) is 7.02. The van der Waals surface area contributed by atoms with Gasteiger partial charge in [-0.2, -0.15) is 8.42 Å². The van der Waals surface area contributed by atoms with Crippen molar-refractivity contribution in [3.05, 3.63) is 34.3 Å². The molecule has 0 saturated heterocycles. The van der Waals surface area contributed by atoms with Gasteiger partial charge in [0.05, 0.1) is 0 Å². The van der Waals surface area contributed by atoms with E-state index in [1.165, 1.54) is 0 Å². The Morgan fingerprint density at radius 1 is 1.28 bits per heavy atom. The van der Waals surface area contributed by atoms with E-state index in [9.17, 15) is 18.6 Å². The highest BCUT2D eigenvalue weighted by atomic mass is 79.9. The van der Waals surface area contributed by atoms with E-state index in [0.717, 1.165) is 10.0 Å². The second kappa shape index (κ2) is 4.57. The first-order valence-corrected chi connectivity index (χ1v) is 7.64. The van der Waals surface area contributed by atoms with Crippen LogP contribution in [0.15, 0.2) is 28.7 Å². The number of halogens is 1. The number of hydrogen-bond donors (Lipinski definition) is 3. The highest BCUT2D eigenvalue weighted by Crippen LogP contribution is 2.47. The fraction of sp³-hybridized carbons (Fsp3) is 0.455. The predicted molar refractivity (Wildman–Crippen MR) is 68.6 cm³/mol. The molecule has 3 N–H and O–H groups in total. The van der Waals surface area contributed by atoms with Gasteiger partial charge in [0.25, 0.3) is 10.1 Å². The van der Waals surface area contributed by atoms with Crippen LogP contribution >= 0.6 is 15.9 Å². The Labute approximate surface area is 113 Å². The molecule has 0 radical (unpaired) electrons. The zero-order valence-electron chi connectivity index (χ0n) is 9.32. The lowest BCUT2D eigenvalue weighted by Crippen LogP contribution is -2.54. The Bertz CT molecular complexity index is 533. The molecular weight excluding hydrogens is 324 g/mol. The van der Waals surface area contributed by atoms with E-state index in [0.29, 0.717) is 0 Å². The summed E-state index contributed by atoms with van der Waals surface area (Å²) in [5, 5.41) is 19.3. The normalized spacial score (nSPS) is 29.7. The first-order valence-electron chi connectivity index (χ1n) is 5.34. The molecular formula is C11H13BrO5S. The van der Waals surface area contributed by atoms with Crippen molar-refractivity contribution < 1.29 is 23.2 Å². The van der Waals surface area contributed by atoms with E-state index in [4.69, 9.17) is 4.55 Å². The maximum Gasteiger partial charge on any atom is 0.294 e. The van der Waals surface area contributed by atoms with Gasteiger partial charge in [-0.25, -0.2) is 0 Å². The quantitative estimate of drug-likeness (QED) is 0.722. The number of hydrogen-bond acceptors (Lipinski definition) is 4. The first kappa shape index (κ1) is 14.0. The fourth-order valence-corrected chi connectivity index (χ4v) is 3.25. The molecule has 0 aliphatic heterocycles. The Morgan fingerprint density at radius 2 is 1.78 bits per heavy atom. The molecule has 1 unspecified atom stereocenters. The molecule has 0 bridgehead atoms. The molecule has 2 rings (SSSR count). The lowest BCUT2D eigenvalue weighted by Gasteiger charge is -2.45. The summed E-state index contributed by atoms with van der Waals surface area (Å²) >= 11 is 3.30. The summed E-state index contributed by atoms with van der Waals surface area (Å²) in [5.74, 6) is -0.0144. The van der Waals surface area contributed by atoms with E-state index in [1.54, 1.807) is 0 Å². The van der Waals surface area contributed by atoms with Gasteiger partial charge in [0.15, 0.2) is 0 Å². The summed E-state index contributed by atoms with van der Waals surface area (Å²) in [6, 6.07) is 7.44. The van der Waals surface area contributed by atoms with Crippen molar-refractivity contribution in [3.8, 4) is 0 Å². The van der Waals surface area contributed by atoms with Gasteiger partial charge in [-0.05, 0) is 36.5 Å². The molecule has 1 fully saturated rings. The molecule has 18 heavy (non-hydrogen) atoms. The molecule has 0 heterocycles. The predicted octanol–water partition coefficient (Wildman–Crippen LogP) is 1.26. The van der Waals surface area contributed by atoms with Crippen molar-refractivity contribution in [2.45, 2.75) is 29.8 Å². The number of benzene rings is 1. The van der Waals surface area contributed by atoms with Crippen LogP contribution in [0.25, 0.3) is 0 Å². The largest absolute Gasteiger partial charge is 0.386 e. The number of rotatable bonds is 3. The van der Waals surface area contributed by atoms with Crippen molar-refractivity contribution in [1.29, 1.82) is 0 Å². The molecule has 0 amide bonds. The zero-order chi connectivity index (χ0) is 13.6. The average molecular weight is 337 g/mol. The van der Waals surface area contributed by atoms with Crippen LogP contribution in [0.2, 0.25) is 0 Å². The smallest absolute Gasteiger partial charge is 0.294 e. The Hall–Kier alpha value is -0.470. The summed E-state index contributed by atoms with van der Waals surface area (Å²) in [6.07, 6.45) is 0.213. The number of aliphatic hydroxyl groups is 2. The van der Waals surface area contributed by atoms with Gasteiger partial charge < -0.3 is 10.2 Å². The summed E-state index contributed by atoms with van der Waals surface area (Å²) in [5.41, 5.74) is -2.94. The van der Waals surface area contributed by atoms with E-state index >= 15 is 0 Å². The summed E-state index contributed by atoms with van der Waals surface area (Å²) in [4.78, 5) is 0. The van der Waals surface area contributed by atoms with Crippen LogP contribution in [0, 0.1) is 0 Å².